The van der Waals surface area contributed by atoms with Crippen LogP contribution in [0.15, 0.2) is 48.5 Å². The van der Waals surface area contributed by atoms with Crippen molar-refractivity contribution in [2.75, 3.05) is 43.0 Å². The molecule has 1 atom stereocenters. The van der Waals surface area contributed by atoms with Gasteiger partial charge in [-0.25, -0.2) is 4.79 Å². The van der Waals surface area contributed by atoms with E-state index < -0.39 is 0 Å². The first-order valence-electron chi connectivity index (χ1n) is 10.4. The van der Waals surface area contributed by atoms with Gasteiger partial charge in [-0.3, -0.25) is 4.79 Å². The molecule has 3 amide bonds. The van der Waals surface area contributed by atoms with Gasteiger partial charge in [-0.15, -0.1) is 0 Å². The monoisotopic (exact) mass is 410 g/mol. The van der Waals surface area contributed by atoms with E-state index in [4.69, 9.17) is 4.74 Å². The van der Waals surface area contributed by atoms with Gasteiger partial charge in [0, 0.05) is 38.8 Å². The molecule has 3 rings (SSSR count). The van der Waals surface area contributed by atoms with Gasteiger partial charge < -0.3 is 25.2 Å². The summed E-state index contributed by atoms with van der Waals surface area (Å²) in [5.41, 5.74) is 2.74. The Kier molecular flexibility index (Phi) is 7.17. The van der Waals surface area contributed by atoms with Crippen molar-refractivity contribution in [3.05, 3.63) is 54.1 Å². The van der Waals surface area contributed by atoms with Crippen LogP contribution < -0.4 is 20.3 Å². The van der Waals surface area contributed by atoms with Crippen molar-refractivity contribution >= 4 is 23.3 Å². The number of hydrogen-bond acceptors (Lipinski definition) is 4. The summed E-state index contributed by atoms with van der Waals surface area (Å²) >= 11 is 0. The fourth-order valence-corrected chi connectivity index (χ4v) is 3.60. The predicted molar refractivity (Wildman–Crippen MR) is 119 cm³/mol. The molecule has 1 aliphatic heterocycles. The molecule has 0 aromatic heterocycles. The molecular formula is C23H30N4O3. The van der Waals surface area contributed by atoms with E-state index in [0.29, 0.717) is 19.7 Å². The van der Waals surface area contributed by atoms with Crippen LogP contribution in [0.1, 0.15) is 32.4 Å². The lowest BCUT2D eigenvalue weighted by Crippen LogP contribution is -2.52. The van der Waals surface area contributed by atoms with Gasteiger partial charge in [0.15, 0.2) is 0 Å². The fourth-order valence-electron chi connectivity index (χ4n) is 3.60. The molecule has 0 saturated carbocycles. The molecule has 2 aromatic carbocycles. The molecule has 160 valence electrons. The van der Waals surface area contributed by atoms with Gasteiger partial charge in [0.2, 0.25) is 5.91 Å². The van der Waals surface area contributed by atoms with Crippen molar-refractivity contribution in [3.63, 3.8) is 0 Å². The van der Waals surface area contributed by atoms with E-state index in [1.807, 2.05) is 61.2 Å². The molecule has 2 aromatic rings. The van der Waals surface area contributed by atoms with Gasteiger partial charge in [0.05, 0.1) is 18.3 Å². The molecular weight excluding hydrogens is 380 g/mol. The van der Waals surface area contributed by atoms with Crippen LogP contribution in [-0.2, 0) is 4.79 Å². The summed E-state index contributed by atoms with van der Waals surface area (Å²) in [6.07, 6.45) is 0. The highest BCUT2D eigenvalue weighted by molar-refractivity contribution is 5.88. The van der Waals surface area contributed by atoms with Gasteiger partial charge in [-0.1, -0.05) is 24.3 Å². The molecule has 7 heteroatoms. The van der Waals surface area contributed by atoms with Crippen molar-refractivity contribution in [2.24, 2.45) is 0 Å². The molecule has 0 bridgehead atoms. The minimum Gasteiger partial charge on any atom is -0.492 e. The number of hydrogen-bond donors (Lipinski definition) is 2. The number of urea groups is 1. The van der Waals surface area contributed by atoms with E-state index in [-0.39, 0.29) is 18.0 Å². The predicted octanol–water partition coefficient (Wildman–Crippen LogP) is 3.64. The Labute approximate surface area is 178 Å². The van der Waals surface area contributed by atoms with Crippen molar-refractivity contribution in [1.29, 1.82) is 0 Å². The number of ether oxygens (including phenoxy) is 1. The quantitative estimate of drug-likeness (QED) is 0.763. The minimum atomic E-state index is -0.164. The smallest absolute Gasteiger partial charge is 0.317 e. The summed E-state index contributed by atoms with van der Waals surface area (Å²) in [5.74, 6) is 0.762. The number of benzene rings is 2. The van der Waals surface area contributed by atoms with Crippen LogP contribution >= 0.6 is 0 Å². The third-order valence-corrected chi connectivity index (χ3v) is 5.12. The minimum absolute atomic E-state index is 0.0785. The van der Waals surface area contributed by atoms with Gasteiger partial charge in [0.1, 0.15) is 5.75 Å². The molecule has 0 aliphatic carbocycles. The molecule has 1 saturated heterocycles. The van der Waals surface area contributed by atoms with E-state index in [9.17, 15) is 9.59 Å². The van der Waals surface area contributed by atoms with Crippen LogP contribution in [0, 0.1) is 0 Å². The largest absolute Gasteiger partial charge is 0.492 e. The molecule has 30 heavy (non-hydrogen) atoms. The third-order valence-electron chi connectivity index (χ3n) is 5.12. The number of rotatable bonds is 6. The number of para-hydroxylation sites is 2. The molecule has 1 aliphatic rings. The van der Waals surface area contributed by atoms with Gasteiger partial charge in [0.25, 0.3) is 0 Å². The number of nitrogens with one attached hydrogen (secondary N) is 2. The number of piperazine rings is 1. The van der Waals surface area contributed by atoms with Gasteiger partial charge in [-0.05, 0) is 43.7 Å². The highest BCUT2D eigenvalue weighted by atomic mass is 16.5. The highest BCUT2D eigenvalue weighted by Gasteiger charge is 2.24. The lowest BCUT2D eigenvalue weighted by atomic mass is 10.1. The van der Waals surface area contributed by atoms with Crippen LogP contribution in [0.4, 0.5) is 16.2 Å². The topological polar surface area (TPSA) is 73.9 Å². The van der Waals surface area contributed by atoms with Crippen LogP contribution in [0.2, 0.25) is 0 Å². The van der Waals surface area contributed by atoms with E-state index in [2.05, 4.69) is 21.6 Å². The lowest BCUT2D eigenvalue weighted by molar-refractivity contribution is -0.114. The standard InChI is InChI=1S/C23H30N4O3/c1-4-30-22-11-6-5-10-21(22)26-12-14-27(15-13-26)23(29)24-17(2)19-8-7-9-20(16-19)25-18(3)28/h5-11,16-17H,4,12-15H2,1-3H3,(H,24,29)(H,25,28)/t17-/m1/s1. The van der Waals surface area contributed by atoms with E-state index in [1.54, 1.807) is 0 Å². The van der Waals surface area contributed by atoms with Crippen LogP contribution in [0.3, 0.4) is 0 Å². The maximum atomic E-state index is 12.8. The van der Waals surface area contributed by atoms with Crippen molar-refractivity contribution in [1.82, 2.24) is 10.2 Å². The average Bonchev–Trinajstić information content (AvgIpc) is 2.74. The summed E-state index contributed by atoms with van der Waals surface area (Å²) < 4.78 is 5.74. The summed E-state index contributed by atoms with van der Waals surface area (Å²) in [5, 5.41) is 5.84. The van der Waals surface area contributed by atoms with E-state index in [1.165, 1.54) is 6.92 Å². The summed E-state index contributed by atoms with van der Waals surface area (Å²) in [4.78, 5) is 28.1. The number of anilines is 2. The second kappa shape index (κ2) is 10.0. The molecule has 1 fully saturated rings. The van der Waals surface area contributed by atoms with E-state index >= 15 is 0 Å². The number of nitrogens with zero attached hydrogens (tertiary/aromatic N) is 2. The molecule has 0 radical (unpaired) electrons. The van der Waals surface area contributed by atoms with Crippen molar-refractivity contribution < 1.29 is 14.3 Å². The first-order valence-corrected chi connectivity index (χ1v) is 10.4. The first kappa shape index (κ1) is 21.5. The normalized spacial score (nSPS) is 14.8. The second-order valence-corrected chi connectivity index (χ2v) is 7.35. The molecule has 0 unspecified atom stereocenters. The maximum absolute atomic E-state index is 12.8. The Hall–Kier alpha value is -3.22. The molecule has 2 N–H and O–H groups in total. The van der Waals surface area contributed by atoms with Crippen molar-refractivity contribution in [3.8, 4) is 5.75 Å². The number of carbonyl (C=O) groups excluding carboxylic acids is 2. The Morgan fingerprint density at radius 1 is 1.07 bits per heavy atom. The number of carbonyl (C=O) groups is 2. The Morgan fingerprint density at radius 3 is 2.50 bits per heavy atom. The molecule has 0 spiro atoms. The first-order chi connectivity index (χ1) is 14.5. The van der Waals surface area contributed by atoms with Crippen molar-refractivity contribution in [2.45, 2.75) is 26.8 Å². The maximum Gasteiger partial charge on any atom is 0.317 e. The zero-order valence-electron chi connectivity index (χ0n) is 17.9. The lowest BCUT2D eigenvalue weighted by Gasteiger charge is -2.37. The van der Waals surface area contributed by atoms with Crippen LogP contribution in [-0.4, -0.2) is 49.6 Å². The van der Waals surface area contributed by atoms with Gasteiger partial charge in [-0.2, -0.15) is 0 Å². The molecule has 7 nitrogen and oxygen atoms in total. The van der Waals surface area contributed by atoms with E-state index in [0.717, 1.165) is 35.8 Å². The van der Waals surface area contributed by atoms with Crippen LogP contribution in [0.25, 0.3) is 0 Å². The average molecular weight is 411 g/mol. The summed E-state index contributed by atoms with van der Waals surface area (Å²) in [6, 6.07) is 15.3. The Morgan fingerprint density at radius 2 is 1.80 bits per heavy atom. The van der Waals surface area contributed by atoms with Crippen LogP contribution in [0.5, 0.6) is 5.75 Å². The number of amides is 3. The molecule has 1 heterocycles. The Bertz CT molecular complexity index is 878. The SMILES string of the molecule is CCOc1ccccc1N1CCN(C(=O)N[C@H](C)c2cccc(NC(C)=O)c2)CC1. The van der Waals surface area contributed by atoms with Gasteiger partial charge >= 0.3 is 6.03 Å². The zero-order chi connectivity index (χ0) is 21.5. The Balaban J connectivity index is 1.56. The third kappa shape index (κ3) is 5.43. The second-order valence-electron chi connectivity index (χ2n) is 7.35. The summed E-state index contributed by atoms with van der Waals surface area (Å²) in [7, 11) is 0. The highest BCUT2D eigenvalue weighted by Crippen LogP contribution is 2.29. The summed E-state index contributed by atoms with van der Waals surface area (Å²) in [6.45, 7) is 8.82. The fraction of sp³-hybridized carbons (Fsp3) is 0.391. The zero-order valence-corrected chi connectivity index (χ0v) is 17.9.